The molecule has 3 rings (SSSR count). The lowest BCUT2D eigenvalue weighted by Crippen LogP contribution is -2.57. The highest BCUT2D eigenvalue weighted by Crippen LogP contribution is 2.33. The molecular formula is C17H25N3O3S. The second-order valence-electron chi connectivity index (χ2n) is 6.66. The molecule has 0 radical (unpaired) electrons. The molecule has 1 amide bonds. The zero-order valence-electron chi connectivity index (χ0n) is 14.0. The van der Waals surface area contributed by atoms with Gasteiger partial charge >= 0.3 is 0 Å². The number of hydrogen-bond donors (Lipinski definition) is 1. The van der Waals surface area contributed by atoms with Crippen LogP contribution in [0.2, 0.25) is 0 Å². The number of aryl methyl sites for hydroxylation is 1. The maximum Gasteiger partial charge on any atom is 0.243 e. The van der Waals surface area contributed by atoms with E-state index in [1.165, 1.54) is 0 Å². The van der Waals surface area contributed by atoms with Gasteiger partial charge in [-0.15, -0.1) is 0 Å². The second kappa shape index (κ2) is 6.82. The Bertz CT molecular complexity index is 720. The summed E-state index contributed by atoms with van der Waals surface area (Å²) in [5, 5.41) is 0. The van der Waals surface area contributed by atoms with E-state index in [4.69, 9.17) is 5.73 Å². The van der Waals surface area contributed by atoms with Crippen LogP contribution >= 0.6 is 0 Å². The Morgan fingerprint density at radius 1 is 1.25 bits per heavy atom. The summed E-state index contributed by atoms with van der Waals surface area (Å²) in [5.41, 5.74) is 6.40. The van der Waals surface area contributed by atoms with E-state index in [1.54, 1.807) is 16.4 Å². The SMILES string of the molecule is Cc1ccccc1S(=O)(=O)N1CC[C@@H]2[C@@H](CCC(=O)N2CCN)C1. The fraction of sp³-hybridized carbons (Fsp3) is 0.588. The number of carbonyl (C=O) groups is 1. The third-order valence-electron chi connectivity index (χ3n) is 5.19. The number of rotatable bonds is 4. The van der Waals surface area contributed by atoms with Crippen molar-refractivity contribution >= 4 is 15.9 Å². The molecule has 2 fully saturated rings. The quantitative estimate of drug-likeness (QED) is 0.876. The standard InChI is InChI=1S/C17H25N3O3S/c1-13-4-2-3-5-16(13)24(22,23)19-10-8-15-14(12-19)6-7-17(21)20(15)11-9-18/h2-5,14-15H,6-12,18H2,1H3/t14-,15+/m0/s1. The first-order valence-corrected chi connectivity index (χ1v) is 9.94. The maximum atomic E-state index is 13.0. The van der Waals surface area contributed by atoms with Crippen molar-refractivity contribution in [2.45, 2.75) is 37.1 Å². The fourth-order valence-electron chi connectivity index (χ4n) is 3.95. The Labute approximate surface area is 143 Å². The van der Waals surface area contributed by atoms with Crippen molar-refractivity contribution < 1.29 is 13.2 Å². The zero-order chi connectivity index (χ0) is 17.3. The average Bonchev–Trinajstić information content (AvgIpc) is 2.57. The van der Waals surface area contributed by atoms with Crippen molar-refractivity contribution in [2.24, 2.45) is 11.7 Å². The van der Waals surface area contributed by atoms with Crippen LogP contribution in [-0.4, -0.2) is 55.8 Å². The molecule has 7 heteroatoms. The monoisotopic (exact) mass is 351 g/mol. The normalized spacial score (nSPS) is 25.6. The van der Waals surface area contributed by atoms with Crippen molar-refractivity contribution in [1.82, 2.24) is 9.21 Å². The van der Waals surface area contributed by atoms with Gasteiger partial charge in [-0.2, -0.15) is 4.31 Å². The lowest BCUT2D eigenvalue weighted by Gasteiger charge is -2.46. The molecule has 2 aliphatic heterocycles. The minimum absolute atomic E-state index is 0.123. The Kier molecular flexibility index (Phi) is 4.94. The first-order chi connectivity index (χ1) is 11.4. The predicted octanol–water partition coefficient (Wildman–Crippen LogP) is 0.955. The second-order valence-corrected chi connectivity index (χ2v) is 8.57. The van der Waals surface area contributed by atoms with Gasteiger partial charge in [-0.3, -0.25) is 4.79 Å². The highest BCUT2D eigenvalue weighted by Gasteiger charge is 2.42. The predicted molar refractivity (Wildman–Crippen MR) is 91.8 cm³/mol. The molecule has 2 heterocycles. The molecule has 0 unspecified atom stereocenters. The Morgan fingerprint density at radius 2 is 2.00 bits per heavy atom. The van der Waals surface area contributed by atoms with E-state index in [1.807, 2.05) is 24.0 Å². The molecule has 1 aromatic carbocycles. The minimum atomic E-state index is -3.48. The molecule has 0 bridgehead atoms. The van der Waals surface area contributed by atoms with E-state index in [9.17, 15) is 13.2 Å². The van der Waals surface area contributed by atoms with Crippen LogP contribution < -0.4 is 5.73 Å². The van der Waals surface area contributed by atoms with Gasteiger partial charge in [-0.1, -0.05) is 18.2 Å². The molecule has 1 aromatic rings. The molecule has 0 aliphatic carbocycles. The van der Waals surface area contributed by atoms with Crippen LogP contribution in [0.3, 0.4) is 0 Å². The number of piperidine rings is 2. The Hall–Kier alpha value is -1.44. The molecule has 2 aliphatic rings. The molecule has 6 nitrogen and oxygen atoms in total. The largest absolute Gasteiger partial charge is 0.338 e. The van der Waals surface area contributed by atoms with Crippen LogP contribution in [0.25, 0.3) is 0 Å². The van der Waals surface area contributed by atoms with E-state index in [0.29, 0.717) is 43.9 Å². The van der Waals surface area contributed by atoms with Crippen molar-refractivity contribution in [3.63, 3.8) is 0 Å². The number of amides is 1. The van der Waals surface area contributed by atoms with Gasteiger partial charge in [0.25, 0.3) is 0 Å². The van der Waals surface area contributed by atoms with Gasteiger partial charge in [0, 0.05) is 38.6 Å². The number of nitrogens with zero attached hydrogens (tertiary/aromatic N) is 2. The topological polar surface area (TPSA) is 83.7 Å². The lowest BCUT2D eigenvalue weighted by atomic mass is 9.84. The number of hydrogen-bond acceptors (Lipinski definition) is 4. The van der Waals surface area contributed by atoms with Gasteiger partial charge in [-0.05, 0) is 37.3 Å². The van der Waals surface area contributed by atoms with Crippen molar-refractivity contribution in [2.75, 3.05) is 26.2 Å². The highest BCUT2D eigenvalue weighted by molar-refractivity contribution is 7.89. The van der Waals surface area contributed by atoms with Crippen LogP contribution in [0.1, 0.15) is 24.8 Å². The van der Waals surface area contributed by atoms with Gasteiger partial charge in [0.15, 0.2) is 0 Å². The summed E-state index contributed by atoms with van der Waals surface area (Å²) in [4.78, 5) is 14.4. The first-order valence-electron chi connectivity index (χ1n) is 8.50. The lowest BCUT2D eigenvalue weighted by molar-refractivity contribution is -0.140. The average molecular weight is 351 g/mol. The van der Waals surface area contributed by atoms with Crippen LogP contribution in [-0.2, 0) is 14.8 Å². The molecule has 0 saturated carbocycles. The van der Waals surface area contributed by atoms with Crippen molar-refractivity contribution in [3.8, 4) is 0 Å². The summed E-state index contributed by atoms with van der Waals surface area (Å²) >= 11 is 0. The zero-order valence-corrected chi connectivity index (χ0v) is 14.8. The smallest absolute Gasteiger partial charge is 0.243 e. The Morgan fingerprint density at radius 3 is 2.71 bits per heavy atom. The van der Waals surface area contributed by atoms with Crippen LogP contribution in [0.15, 0.2) is 29.2 Å². The van der Waals surface area contributed by atoms with E-state index in [0.717, 1.165) is 12.0 Å². The summed E-state index contributed by atoms with van der Waals surface area (Å²) in [5.74, 6) is 0.346. The highest BCUT2D eigenvalue weighted by atomic mass is 32.2. The van der Waals surface area contributed by atoms with E-state index in [2.05, 4.69) is 0 Å². The molecule has 2 atom stereocenters. The van der Waals surface area contributed by atoms with E-state index >= 15 is 0 Å². The number of benzene rings is 1. The number of carbonyl (C=O) groups excluding carboxylic acids is 1. The molecule has 132 valence electrons. The van der Waals surface area contributed by atoms with Crippen LogP contribution in [0.4, 0.5) is 0 Å². The summed E-state index contributed by atoms with van der Waals surface area (Å²) in [6.07, 6.45) is 1.92. The molecule has 0 spiro atoms. The number of nitrogens with two attached hydrogens (primary N) is 1. The van der Waals surface area contributed by atoms with Crippen molar-refractivity contribution in [1.29, 1.82) is 0 Å². The van der Waals surface area contributed by atoms with Crippen molar-refractivity contribution in [3.05, 3.63) is 29.8 Å². The summed E-state index contributed by atoms with van der Waals surface area (Å²) in [7, 11) is -3.48. The molecule has 0 aromatic heterocycles. The van der Waals surface area contributed by atoms with Gasteiger partial charge < -0.3 is 10.6 Å². The van der Waals surface area contributed by atoms with E-state index < -0.39 is 10.0 Å². The molecular weight excluding hydrogens is 326 g/mol. The van der Waals surface area contributed by atoms with Gasteiger partial charge in [0.05, 0.1) is 4.90 Å². The van der Waals surface area contributed by atoms with Crippen LogP contribution in [0.5, 0.6) is 0 Å². The van der Waals surface area contributed by atoms with E-state index in [-0.39, 0.29) is 17.9 Å². The first kappa shape index (κ1) is 17.4. The third kappa shape index (κ3) is 3.08. The van der Waals surface area contributed by atoms with Gasteiger partial charge in [0.1, 0.15) is 0 Å². The maximum absolute atomic E-state index is 13.0. The Balaban J connectivity index is 1.80. The summed E-state index contributed by atoms with van der Waals surface area (Å²) in [6, 6.07) is 7.22. The number of likely N-dealkylation sites (tertiary alicyclic amines) is 1. The number of fused-ring (bicyclic) bond motifs is 1. The molecule has 2 N–H and O–H groups in total. The number of sulfonamides is 1. The molecule has 2 saturated heterocycles. The third-order valence-corrected chi connectivity index (χ3v) is 7.21. The summed E-state index contributed by atoms with van der Waals surface area (Å²) in [6.45, 7) is 3.76. The fourth-order valence-corrected chi connectivity index (χ4v) is 5.69. The minimum Gasteiger partial charge on any atom is -0.338 e. The molecule has 24 heavy (non-hydrogen) atoms. The summed E-state index contributed by atoms with van der Waals surface area (Å²) < 4.78 is 27.5. The van der Waals surface area contributed by atoms with Gasteiger partial charge in [-0.25, -0.2) is 8.42 Å². The van der Waals surface area contributed by atoms with Gasteiger partial charge in [0.2, 0.25) is 15.9 Å². The van der Waals surface area contributed by atoms with Crippen LogP contribution in [0, 0.1) is 12.8 Å².